The molecular weight excluding hydrogens is 106 g/mol. The van der Waals surface area contributed by atoms with E-state index in [4.69, 9.17) is 4.79 Å². The molecule has 0 bridgehead atoms. The van der Waals surface area contributed by atoms with Crippen LogP contribution in [0.15, 0.2) is 19.0 Å². The first-order chi connectivity index (χ1) is 4.00. The molecule has 1 heterocycles. The van der Waals surface area contributed by atoms with E-state index in [1.807, 2.05) is 6.79 Å². The van der Waals surface area contributed by atoms with Crippen LogP contribution in [0.25, 0.3) is 0 Å². The van der Waals surface area contributed by atoms with Gasteiger partial charge in [-0.2, -0.15) is 0 Å². The van der Waals surface area contributed by atoms with E-state index >= 15 is 0 Å². The SMILES string of the molecule is C=O.[H+].c1ncncn1. The fourth-order valence-corrected chi connectivity index (χ4v) is 0.205. The molecule has 4 heteroatoms. The lowest BCUT2D eigenvalue weighted by Gasteiger charge is -1.69. The maximum absolute atomic E-state index is 8.00. The Kier molecular flexibility index (Phi) is 4.74. The molecule has 1 aromatic rings. The summed E-state index contributed by atoms with van der Waals surface area (Å²) in [5.41, 5.74) is 0. The van der Waals surface area contributed by atoms with Crippen molar-refractivity contribution in [2.24, 2.45) is 0 Å². The monoisotopic (exact) mass is 112 g/mol. The Labute approximate surface area is 48.1 Å². The third kappa shape index (κ3) is 2.89. The molecule has 0 radical (unpaired) electrons. The predicted octanol–water partition coefficient (Wildman–Crippen LogP) is -0.201. The first kappa shape index (κ1) is 6.68. The van der Waals surface area contributed by atoms with Crippen molar-refractivity contribution < 1.29 is 6.22 Å². The van der Waals surface area contributed by atoms with Gasteiger partial charge in [-0.15, -0.1) is 0 Å². The van der Waals surface area contributed by atoms with Crippen LogP contribution in [0.2, 0.25) is 0 Å². The van der Waals surface area contributed by atoms with E-state index in [1.165, 1.54) is 19.0 Å². The zero-order valence-corrected chi connectivity index (χ0v) is 4.19. The summed E-state index contributed by atoms with van der Waals surface area (Å²) in [7, 11) is 0. The van der Waals surface area contributed by atoms with Crippen LogP contribution < -0.4 is 0 Å². The fourth-order valence-electron chi connectivity index (χ4n) is 0.205. The molecule has 0 saturated carbocycles. The molecule has 8 heavy (non-hydrogen) atoms. The van der Waals surface area contributed by atoms with E-state index < -0.39 is 0 Å². The van der Waals surface area contributed by atoms with Gasteiger partial charge in [-0.05, 0) is 0 Å². The summed E-state index contributed by atoms with van der Waals surface area (Å²) < 4.78 is 0. The van der Waals surface area contributed by atoms with Crippen molar-refractivity contribution in [3.63, 3.8) is 0 Å². The number of nitrogens with zero attached hydrogens (tertiary/aromatic N) is 3. The minimum absolute atomic E-state index is 0. The maximum Gasteiger partial charge on any atom is 1.00 e. The van der Waals surface area contributed by atoms with Crippen LogP contribution in [0.1, 0.15) is 1.43 Å². The van der Waals surface area contributed by atoms with Gasteiger partial charge in [0.15, 0.2) is 0 Å². The van der Waals surface area contributed by atoms with Crippen LogP contribution in [-0.2, 0) is 4.79 Å². The van der Waals surface area contributed by atoms with Gasteiger partial charge >= 0.3 is 1.43 Å². The lowest BCUT2D eigenvalue weighted by atomic mass is 11.1. The van der Waals surface area contributed by atoms with Gasteiger partial charge in [0, 0.05) is 0 Å². The molecule has 1 rings (SSSR count). The second kappa shape index (κ2) is 5.68. The van der Waals surface area contributed by atoms with Crippen molar-refractivity contribution >= 4 is 6.79 Å². The van der Waals surface area contributed by atoms with E-state index in [2.05, 4.69) is 15.0 Å². The van der Waals surface area contributed by atoms with Gasteiger partial charge in [-0.1, -0.05) is 0 Å². The van der Waals surface area contributed by atoms with E-state index in [1.54, 1.807) is 0 Å². The van der Waals surface area contributed by atoms with Crippen LogP contribution in [-0.4, -0.2) is 21.7 Å². The average molecular weight is 112 g/mol. The molecule has 0 spiro atoms. The molecule has 4 nitrogen and oxygen atoms in total. The highest BCUT2D eigenvalue weighted by Crippen LogP contribution is 1.57. The van der Waals surface area contributed by atoms with Crippen LogP contribution in [0.5, 0.6) is 0 Å². The van der Waals surface area contributed by atoms with Gasteiger partial charge < -0.3 is 4.79 Å². The molecule has 0 aliphatic carbocycles. The zero-order chi connectivity index (χ0) is 6.24. The Morgan fingerprint density at radius 1 is 1.00 bits per heavy atom. The molecule has 0 amide bonds. The summed E-state index contributed by atoms with van der Waals surface area (Å²) in [5.74, 6) is 0. The van der Waals surface area contributed by atoms with Crippen molar-refractivity contribution in [3.8, 4) is 0 Å². The van der Waals surface area contributed by atoms with Gasteiger partial charge in [0.25, 0.3) is 0 Å². The van der Waals surface area contributed by atoms with Gasteiger partial charge in [-0.3, -0.25) is 0 Å². The molecule has 0 fully saturated rings. The lowest BCUT2D eigenvalue weighted by molar-refractivity contribution is -0.0979. The zero-order valence-electron chi connectivity index (χ0n) is 5.19. The van der Waals surface area contributed by atoms with Crippen LogP contribution in [0.3, 0.4) is 0 Å². The molecule has 42 valence electrons. The molecule has 0 atom stereocenters. The smallest absolute Gasteiger partial charge is 0.307 e. The maximum atomic E-state index is 8.00. The third-order valence-electron chi connectivity index (χ3n) is 0.400. The molecule has 0 aliphatic heterocycles. The Balaban J connectivity index is 0. The Morgan fingerprint density at radius 2 is 1.25 bits per heavy atom. The fraction of sp³-hybridized carbons (Fsp3) is 0. The van der Waals surface area contributed by atoms with Crippen molar-refractivity contribution in [1.82, 2.24) is 15.0 Å². The highest BCUT2D eigenvalue weighted by atomic mass is 16.1. The standard InChI is InChI=1S/C3H3N3.CH2O/c1-4-2-6-3-5-1;1-2/h1-3H;1H2/p+1. The minimum Gasteiger partial charge on any atom is -0.307 e. The molecule has 0 aromatic carbocycles. The molecule has 0 saturated heterocycles. The van der Waals surface area contributed by atoms with Crippen molar-refractivity contribution in [1.29, 1.82) is 0 Å². The van der Waals surface area contributed by atoms with E-state index in [-0.39, 0.29) is 1.43 Å². The number of hydrogen-bond acceptors (Lipinski definition) is 4. The number of hydrogen-bond donors (Lipinski definition) is 0. The first-order valence-corrected chi connectivity index (χ1v) is 1.84. The van der Waals surface area contributed by atoms with E-state index in [0.717, 1.165) is 0 Å². The Morgan fingerprint density at radius 3 is 1.38 bits per heavy atom. The minimum atomic E-state index is 0. The normalized spacial score (nSPS) is 6.50. The Bertz CT molecular complexity index is 98.7. The van der Waals surface area contributed by atoms with Gasteiger partial charge in [0.2, 0.25) is 0 Å². The average Bonchev–Trinajstić information content (AvgIpc) is 1.96. The number of aromatic nitrogens is 3. The summed E-state index contributed by atoms with van der Waals surface area (Å²) in [6.07, 6.45) is 4.31. The summed E-state index contributed by atoms with van der Waals surface area (Å²) in [5, 5.41) is 0. The highest BCUT2D eigenvalue weighted by Gasteiger charge is 1.59. The number of rotatable bonds is 0. The van der Waals surface area contributed by atoms with Gasteiger partial charge in [0.05, 0.1) is 0 Å². The van der Waals surface area contributed by atoms with Gasteiger partial charge in [-0.25, -0.2) is 15.0 Å². The summed E-state index contributed by atoms with van der Waals surface area (Å²) in [4.78, 5) is 18.7. The largest absolute Gasteiger partial charge is 1.00 e. The molecule has 1 aromatic heterocycles. The first-order valence-electron chi connectivity index (χ1n) is 1.84. The molecule has 0 unspecified atom stereocenters. The molecule has 0 aliphatic rings. The van der Waals surface area contributed by atoms with Crippen molar-refractivity contribution in [3.05, 3.63) is 19.0 Å². The number of carbonyl (C=O) groups is 1. The summed E-state index contributed by atoms with van der Waals surface area (Å²) in [6.45, 7) is 2.00. The Hall–Kier alpha value is -1.32. The van der Waals surface area contributed by atoms with E-state index in [9.17, 15) is 0 Å². The van der Waals surface area contributed by atoms with Crippen LogP contribution >= 0.6 is 0 Å². The summed E-state index contributed by atoms with van der Waals surface area (Å²) in [6, 6.07) is 0. The van der Waals surface area contributed by atoms with Crippen molar-refractivity contribution in [2.45, 2.75) is 0 Å². The molecule has 0 N–H and O–H groups in total. The van der Waals surface area contributed by atoms with Crippen LogP contribution in [0.4, 0.5) is 0 Å². The molecular formula is C4H6N3O+. The number of carbonyl (C=O) groups excluding carboxylic acids is 1. The van der Waals surface area contributed by atoms with Gasteiger partial charge in [0.1, 0.15) is 25.8 Å². The second-order valence-electron chi connectivity index (χ2n) is 0.794. The van der Waals surface area contributed by atoms with Crippen LogP contribution in [0, 0.1) is 0 Å². The second-order valence-corrected chi connectivity index (χ2v) is 0.794. The van der Waals surface area contributed by atoms with E-state index in [0.29, 0.717) is 0 Å². The predicted molar refractivity (Wildman–Crippen MR) is 28.1 cm³/mol. The highest BCUT2D eigenvalue weighted by molar-refractivity contribution is 5.10. The summed E-state index contributed by atoms with van der Waals surface area (Å²) >= 11 is 0. The quantitative estimate of drug-likeness (QED) is 0.466. The topological polar surface area (TPSA) is 55.7 Å². The van der Waals surface area contributed by atoms with Crippen molar-refractivity contribution in [2.75, 3.05) is 0 Å². The third-order valence-corrected chi connectivity index (χ3v) is 0.400. The lowest BCUT2D eigenvalue weighted by Crippen LogP contribution is -1.73.